The second kappa shape index (κ2) is 5.53. The molecular formula is C19H17N5S. The Labute approximate surface area is 150 Å². The van der Waals surface area contributed by atoms with E-state index in [9.17, 15) is 15.8 Å². The third-order valence-electron chi connectivity index (χ3n) is 6.25. The average Bonchev–Trinajstić information content (AvgIpc) is 3.21. The third-order valence-corrected chi connectivity index (χ3v) is 6.95. The molecule has 1 N–H and O–H groups in total. The summed E-state index contributed by atoms with van der Waals surface area (Å²) in [6.45, 7) is 0. The molecule has 2 bridgehead atoms. The van der Waals surface area contributed by atoms with Gasteiger partial charge in [-0.1, -0.05) is 6.08 Å². The smallest absolute Gasteiger partial charge is 0.189 e. The molecular weight excluding hydrogens is 330 g/mol. The van der Waals surface area contributed by atoms with Crippen LogP contribution >= 0.6 is 11.3 Å². The molecule has 0 radical (unpaired) electrons. The fourth-order valence-electron chi connectivity index (χ4n) is 5.05. The Balaban J connectivity index is 1.99. The molecule has 0 aromatic carbocycles. The van der Waals surface area contributed by atoms with E-state index in [1.54, 1.807) is 0 Å². The minimum absolute atomic E-state index is 0.0531. The lowest BCUT2D eigenvalue weighted by Gasteiger charge is -2.50. The molecule has 1 aliphatic carbocycles. The predicted molar refractivity (Wildman–Crippen MR) is 93.7 cm³/mol. The third kappa shape index (κ3) is 1.91. The number of nitriles is 3. The lowest BCUT2D eigenvalue weighted by molar-refractivity contribution is 0.157. The van der Waals surface area contributed by atoms with Crippen LogP contribution in [0, 0.1) is 56.7 Å². The quantitative estimate of drug-likeness (QED) is 0.789. The van der Waals surface area contributed by atoms with Crippen molar-refractivity contribution in [2.24, 2.45) is 17.3 Å². The Kier molecular flexibility index (Phi) is 3.55. The van der Waals surface area contributed by atoms with E-state index in [-0.39, 0.29) is 17.7 Å². The van der Waals surface area contributed by atoms with Gasteiger partial charge in [-0.15, -0.1) is 0 Å². The first-order valence-corrected chi connectivity index (χ1v) is 9.30. The van der Waals surface area contributed by atoms with Crippen molar-refractivity contribution >= 4 is 17.0 Å². The molecule has 0 amide bonds. The zero-order chi connectivity index (χ0) is 17.8. The fourth-order valence-corrected chi connectivity index (χ4v) is 5.75. The van der Waals surface area contributed by atoms with E-state index in [1.807, 2.05) is 16.8 Å². The van der Waals surface area contributed by atoms with E-state index in [0.29, 0.717) is 6.04 Å². The lowest BCUT2D eigenvalue weighted by Crippen LogP contribution is -2.55. The van der Waals surface area contributed by atoms with Gasteiger partial charge in [0.15, 0.2) is 5.41 Å². The normalized spacial score (nSPS) is 35.8. The highest BCUT2D eigenvalue weighted by Crippen LogP contribution is 2.57. The molecule has 4 rings (SSSR count). The number of rotatable bonds is 1. The number of likely N-dealkylation sites (N-methyl/N-ethyl adjacent to an activating group) is 1. The first-order chi connectivity index (χ1) is 12.1. The van der Waals surface area contributed by atoms with Crippen molar-refractivity contribution in [2.75, 3.05) is 7.05 Å². The number of fused-ring (bicyclic) bond motifs is 4. The van der Waals surface area contributed by atoms with Crippen LogP contribution in [-0.2, 0) is 0 Å². The van der Waals surface area contributed by atoms with Crippen LogP contribution in [0.4, 0.5) is 0 Å². The van der Waals surface area contributed by atoms with Crippen molar-refractivity contribution in [2.45, 2.75) is 30.8 Å². The summed E-state index contributed by atoms with van der Waals surface area (Å²) in [6.07, 6.45) is 4.15. The Hall–Kier alpha value is -2.46. The summed E-state index contributed by atoms with van der Waals surface area (Å²) < 4.78 is 0. The molecule has 0 spiro atoms. The molecule has 1 unspecified atom stereocenters. The molecule has 2 aliphatic heterocycles. The topological polar surface area (TPSA) is 98.5 Å². The predicted octanol–water partition coefficient (Wildman–Crippen LogP) is 3.06. The standard InChI is InChI=1S/C19H17N5S/c1-24-12-2-3-15(24)16-13(6-12)14(7-20)18(23)19(9-21,10-22)17(16)11-4-5-25-8-11/h4-6,8,12,14-17,23H,2-3H2,1H3/t12-,14?,15+,16+,17+/m1/s1. The van der Waals surface area contributed by atoms with Crippen LogP contribution in [0.2, 0.25) is 0 Å². The zero-order valence-corrected chi connectivity index (χ0v) is 14.6. The fraction of sp³-hybridized carbons (Fsp3) is 0.474. The van der Waals surface area contributed by atoms with Crippen LogP contribution in [0.25, 0.3) is 0 Å². The Morgan fingerprint density at radius 2 is 2.04 bits per heavy atom. The number of nitrogens with zero attached hydrogens (tertiary/aromatic N) is 4. The van der Waals surface area contributed by atoms with Gasteiger partial charge < -0.3 is 5.41 Å². The Morgan fingerprint density at radius 3 is 2.64 bits per heavy atom. The molecule has 1 aromatic heterocycles. The summed E-state index contributed by atoms with van der Waals surface area (Å²) >= 11 is 1.53. The minimum atomic E-state index is -1.58. The van der Waals surface area contributed by atoms with E-state index in [0.717, 1.165) is 24.0 Å². The molecule has 3 heterocycles. The van der Waals surface area contributed by atoms with Crippen LogP contribution in [0.3, 0.4) is 0 Å². The number of thiophene rings is 1. The SMILES string of the molecule is CN1[C@H]2C=C3C(C#N)C(=N)C(C#N)(C#N)[C@@H](c4ccsc4)[C@@H]3[C@@H]1CC2. The highest BCUT2D eigenvalue weighted by atomic mass is 32.1. The van der Waals surface area contributed by atoms with Crippen molar-refractivity contribution in [3.63, 3.8) is 0 Å². The van der Waals surface area contributed by atoms with Crippen molar-refractivity contribution in [1.29, 1.82) is 21.2 Å². The Bertz CT molecular complexity index is 864. The van der Waals surface area contributed by atoms with Gasteiger partial charge in [0.25, 0.3) is 0 Å². The van der Waals surface area contributed by atoms with Gasteiger partial charge >= 0.3 is 0 Å². The number of nitrogens with one attached hydrogen (secondary N) is 1. The molecule has 1 saturated carbocycles. The maximum atomic E-state index is 9.97. The highest BCUT2D eigenvalue weighted by molar-refractivity contribution is 7.08. The molecule has 1 saturated heterocycles. The maximum absolute atomic E-state index is 9.97. The molecule has 6 heteroatoms. The maximum Gasteiger partial charge on any atom is 0.189 e. The summed E-state index contributed by atoms with van der Waals surface area (Å²) in [6, 6.07) is 8.97. The van der Waals surface area contributed by atoms with Crippen molar-refractivity contribution in [3.8, 4) is 18.2 Å². The van der Waals surface area contributed by atoms with Gasteiger partial charge in [-0.05, 0) is 47.9 Å². The molecule has 3 aliphatic rings. The molecule has 124 valence electrons. The Morgan fingerprint density at radius 1 is 1.28 bits per heavy atom. The second-order valence-electron chi connectivity index (χ2n) is 7.11. The van der Waals surface area contributed by atoms with Gasteiger partial charge in [0.05, 0.1) is 23.9 Å². The molecule has 1 aromatic rings. The van der Waals surface area contributed by atoms with Crippen molar-refractivity contribution in [3.05, 3.63) is 34.0 Å². The summed E-state index contributed by atoms with van der Waals surface area (Å²) in [5.41, 5.74) is 0.252. The largest absolute Gasteiger partial charge is 0.305 e. The monoisotopic (exact) mass is 347 g/mol. The summed E-state index contributed by atoms with van der Waals surface area (Å²) in [5.74, 6) is -1.24. The van der Waals surface area contributed by atoms with Crippen molar-refractivity contribution < 1.29 is 0 Å². The minimum Gasteiger partial charge on any atom is -0.305 e. The second-order valence-corrected chi connectivity index (χ2v) is 7.89. The van der Waals surface area contributed by atoms with E-state index in [1.165, 1.54) is 11.3 Å². The average molecular weight is 347 g/mol. The van der Waals surface area contributed by atoms with E-state index in [4.69, 9.17) is 5.41 Å². The number of hydrogen-bond acceptors (Lipinski definition) is 6. The zero-order valence-electron chi connectivity index (χ0n) is 13.8. The van der Waals surface area contributed by atoms with Crippen molar-refractivity contribution in [1.82, 2.24) is 4.90 Å². The molecule has 2 fully saturated rings. The first-order valence-electron chi connectivity index (χ1n) is 8.35. The van der Waals surface area contributed by atoms with Gasteiger partial charge in [0.2, 0.25) is 0 Å². The van der Waals surface area contributed by atoms with E-state index >= 15 is 0 Å². The van der Waals surface area contributed by atoms with Gasteiger partial charge in [0, 0.05) is 23.9 Å². The van der Waals surface area contributed by atoms with Crippen LogP contribution in [0.15, 0.2) is 28.5 Å². The van der Waals surface area contributed by atoms with E-state index < -0.39 is 17.3 Å². The number of hydrogen-bond donors (Lipinski definition) is 1. The van der Waals surface area contributed by atoms with Crippen LogP contribution < -0.4 is 0 Å². The lowest BCUT2D eigenvalue weighted by atomic mass is 9.53. The van der Waals surface area contributed by atoms with E-state index in [2.05, 4.69) is 36.2 Å². The van der Waals surface area contributed by atoms with Gasteiger partial charge in [-0.2, -0.15) is 27.1 Å². The van der Waals surface area contributed by atoms with Crippen LogP contribution in [0.1, 0.15) is 24.3 Å². The summed E-state index contributed by atoms with van der Waals surface area (Å²) in [4.78, 5) is 2.32. The molecule has 5 nitrogen and oxygen atoms in total. The van der Waals surface area contributed by atoms with Crippen LogP contribution in [0.5, 0.6) is 0 Å². The van der Waals surface area contributed by atoms with Gasteiger partial charge in [-0.3, -0.25) is 4.90 Å². The van der Waals surface area contributed by atoms with Crippen LogP contribution in [-0.4, -0.2) is 29.7 Å². The molecule has 25 heavy (non-hydrogen) atoms. The molecule has 5 atom stereocenters. The van der Waals surface area contributed by atoms with Gasteiger partial charge in [0.1, 0.15) is 5.92 Å². The summed E-state index contributed by atoms with van der Waals surface area (Å²) in [5, 5.41) is 42.2. The summed E-state index contributed by atoms with van der Waals surface area (Å²) in [7, 11) is 2.09. The first kappa shape index (κ1) is 16.0. The van der Waals surface area contributed by atoms with Gasteiger partial charge in [-0.25, -0.2) is 0 Å². The highest BCUT2D eigenvalue weighted by Gasteiger charge is 2.61.